The van der Waals surface area contributed by atoms with Gasteiger partial charge < -0.3 is 5.11 Å². The summed E-state index contributed by atoms with van der Waals surface area (Å²) in [6.45, 7) is 3.63. The first-order valence-electron chi connectivity index (χ1n) is 6.00. The van der Waals surface area contributed by atoms with E-state index >= 15 is 0 Å². The minimum Gasteiger partial charge on any atom is -0.388 e. The molecule has 2 unspecified atom stereocenters. The molecule has 1 nitrogen and oxygen atoms in total. The first-order valence-corrected chi connectivity index (χ1v) is 6.00. The lowest BCUT2D eigenvalue weighted by Gasteiger charge is -2.18. The Balaban J connectivity index is 3.13. The third-order valence-electron chi connectivity index (χ3n) is 2.98. The summed E-state index contributed by atoms with van der Waals surface area (Å²) in [4.78, 5) is 0. The quantitative estimate of drug-likeness (QED) is 0.486. The second-order valence-electron chi connectivity index (χ2n) is 4.63. The molecule has 1 aromatic carbocycles. The van der Waals surface area contributed by atoms with Crippen LogP contribution in [0.15, 0.2) is 0 Å². The largest absolute Gasteiger partial charge is 0.388 e. The Hall–Kier alpha value is -1.17. The van der Waals surface area contributed by atoms with Crippen LogP contribution < -0.4 is 0 Å². The highest BCUT2D eigenvalue weighted by Crippen LogP contribution is 2.31. The van der Waals surface area contributed by atoms with Crippen molar-refractivity contribution in [3.05, 3.63) is 34.6 Å². The minimum atomic E-state index is -2.22. The van der Waals surface area contributed by atoms with Crippen molar-refractivity contribution in [3.63, 3.8) is 0 Å². The van der Waals surface area contributed by atoms with Crippen LogP contribution in [-0.4, -0.2) is 5.11 Å². The Morgan fingerprint density at radius 2 is 1.32 bits per heavy atom. The summed E-state index contributed by atoms with van der Waals surface area (Å²) in [5.41, 5.74) is -1.15. The monoisotopic (exact) mass is 282 g/mol. The fourth-order valence-electron chi connectivity index (χ4n) is 2.02. The standard InChI is InChI=1S/C13H15F5O/c1-3-4-6(2)5-7(19)8-9(14)11(16)13(18)12(17)10(8)15/h6-7,19H,3-5H2,1-2H3. The average Bonchev–Trinajstić information content (AvgIpc) is 2.34. The minimum absolute atomic E-state index is 0.0633. The van der Waals surface area contributed by atoms with Crippen molar-refractivity contribution < 1.29 is 27.1 Å². The van der Waals surface area contributed by atoms with Gasteiger partial charge in [0.05, 0.1) is 11.7 Å². The van der Waals surface area contributed by atoms with Gasteiger partial charge in [0.15, 0.2) is 23.3 Å². The Morgan fingerprint density at radius 1 is 0.895 bits per heavy atom. The number of halogens is 5. The van der Waals surface area contributed by atoms with Gasteiger partial charge in [0, 0.05) is 0 Å². The van der Waals surface area contributed by atoms with Crippen LogP contribution in [0.1, 0.15) is 44.8 Å². The molecule has 0 heterocycles. The SMILES string of the molecule is CCCC(C)CC(O)c1c(F)c(F)c(F)c(F)c1F. The topological polar surface area (TPSA) is 20.2 Å². The molecule has 2 atom stereocenters. The number of rotatable bonds is 5. The summed E-state index contributed by atoms with van der Waals surface area (Å²) >= 11 is 0. The number of hydrogen-bond donors (Lipinski definition) is 1. The molecule has 0 saturated carbocycles. The van der Waals surface area contributed by atoms with Crippen LogP contribution in [0.5, 0.6) is 0 Å². The van der Waals surface area contributed by atoms with Crippen LogP contribution >= 0.6 is 0 Å². The molecule has 0 bridgehead atoms. The fourth-order valence-corrected chi connectivity index (χ4v) is 2.02. The van der Waals surface area contributed by atoms with Crippen molar-refractivity contribution in [2.75, 3.05) is 0 Å². The average molecular weight is 282 g/mol. The molecular weight excluding hydrogens is 267 g/mol. The van der Waals surface area contributed by atoms with Gasteiger partial charge in [-0.3, -0.25) is 0 Å². The molecule has 0 saturated heterocycles. The first-order chi connectivity index (χ1) is 8.81. The number of benzene rings is 1. The molecule has 0 radical (unpaired) electrons. The Kier molecular flexibility index (Phi) is 5.29. The fraction of sp³-hybridized carbons (Fsp3) is 0.538. The van der Waals surface area contributed by atoms with E-state index in [1.165, 1.54) is 0 Å². The van der Waals surface area contributed by atoms with Crippen molar-refractivity contribution in [2.24, 2.45) is 5.92 Å². The molecule has 0 amide bonds. The van der Waals surface area contributed by atoms with Crippen LogP contribution in [0.25, 0.3) is 0 Å². The lowest BCUT2D eigenvalue weighted by atomic mass is 9.94. The lowest BCUT2D eigenvalue weighted by molar-refractivity contribution is 0.133. The zero-order valence-corrected chi connectivity index (χ0v) is 10.6. The molecule has 1 N–H and O–H groups in total. The van der Waals surface area contributed by atoms with Crippen LogP contribution in [-0.2, 0) is 0 Å². The van der Waals surface area contributed by atoms with Gasteiger partial charge in [0.1, 0.15) is 0 Å². The lowest BCUT2D eigenvalue weighted by Crippen LogP contribution is -2.13. The second kappa shape index (κ2) is 6.32. The maximum atomic E-state index is 13.4. The number of aliphatic hydroxyl groups excluding tert-OH is 1. The summed E-state index contributed by atoms with van der Waals surface area (Å²) < 4.78 is 65.6. The Labute approximate surface area is 108 Å². The molecule has 6 heteroatoms. The van der Waals surface area contributed by atoms with E-state index in [0.717, 1.165) is 6.42 Å². The smallest absolute Gasteiger partial charge is 0.200 e. The molecule has 0 aliphatic carbocycles. The first kappa shape index (κ1) is 15.9. The molecule has 0 spiro atoms. The highest BCUT2D eigenvalue weighted by Gasteiger charge is 2.30. The van der Waals surface area contributed by atoms with Gasteiger partial charge in [-0.1, -0.05) is 26.7 Å². The van der Waals surface area contributed by atoms with E-state index in [0.29, 0.717) is 6.42 Å². The summed E-state index contributed by atoms with van der Waals surface area (Å²) in [6, 6.07) is 0. The predicted octanol–water partition coefficient (Wildman–Crippen LogP) is 4.24. The van der Waals surface area contributed by atoms with E-state index in [1.54, 1.807) is 6.92 Å². The van der Waals surface area contributed by atoms with Crippen molar-refractivity contribution in [1.29, 1.82) is 0 Å². The number of hydrogen-bond acceptors (Lipinski definition) is 1. The zero-order valence-electron chi connectivity index (χ0n) is 10.6. The van der Waals surface area contributed by atoms with Crippen molar-refractivity contribution in [2.45, 2.75) is 39.2 Å². The molecule has 0 aliphatic rings. The Bertz CT molecular complexity index is 432. The van der Waals surface area contributed by atoms with Gasteiger partial charge in [-0.15, -0.1) is 0 Å². The molecule has 108 valence electrons. The van der Waals surface area contributed by atoms with Gasteiger partial charge in [-0.05, 0) is 12.3 Å². The van der Waals surface area contributed by atoms with E-state index in [2.05, 4.69) is 0 Å². The molecule has 19 heavy (non-hydrogen) atoms. The third kappa shape index (κ3) is 3.23. The van der Waals surface area contributed by atoms with Crippen LogP contribution in [0.3, 0.4) is 0 Å². The van der Waals surface area contributed by atoms with Gasteiger partial charge >= 0.3 is 0 Å². The highest BCUT2D eigenvalue weighted by atomic mass is 19.2. The van der Waals surface area contributed by atoms with Gasteiger partial charge in [0.2, 0.25) is 5.82 Å². The Morgan fingerprint density at radius 3 is 1.74 bits per heavy atom. The maximum Gasteiger partial charge on any atom is 0.200 e. The van der Waals surface area contributed by atoms with Gasteiger partial charge in [-0.25, -0.2) is 22.0 Å². The van der Waals surface area contributed by atoms with E-state index in [-0.39, 0.29) is 12.3 Å². The summed E-state index contributed by atoms with van der Waals surface area (Å²) in [7, 11) is 0. The van der Waals surface area contributed by atoms with E-state index in [9.17, 15) is 27.1 Å². The van der Waals surface area contributed by atoms with E-state index in [1.807, 2.05) is 6.92 Å². The van der Waals surface area contributed by atoms with Crippen LogP contribution in [0.2, 0.25) is 0 Å². The maximum absolute atomic E-state index is 13.4. The van der Waals surface area contributed by atoms with Gasteiger partial charge in [0.25, 0.3) is 0 Å². The van der Waals surface area contributed by atoms with Crippen molar-refractivity contribution in [3.8, 4) is 0 Å². The molecule has 1 aromatic rings. The van der Waals surface area contributed by atoms with E-state index < -0.39 is 40.8 Å². The summed E-state index contributed by atoms with van der Waals surface area (Å²) in [5.74, 6) is -10.3. The summed E-state index contributed by atoms with van der Waals surface area (Å²) in [6.07, 6.45) is -0.296. The molecular formula is C13H15F5O. The molecule has 1 rings (SSSR count). The number of aliphatic hydroxyl groups is 1. The molecule has 0 aliphatic heterocycles. The second-order valence-corrected chi connectivity index (χ2v) is 4.63. The summed E-state index contributed by atoms with van der Waals surface area (Å²) in [5, 5.41) is 9.68. The molecule has 0 fully saturated rings. The normalized spacial score (nSPS) is 14.5. The van der Waals surface area contributed by atoms with Crippen LogP contribution in [0, 0.1) is 35.0 Å². The zero-order chi connectivity index (χ0) is 14.7. The van der Waals surface area contributed by atoms with Crippen molar-refractivity contribution in [1.82, 2.24) is 0 Å². The third-order valence-corrected chi connectivity index (χ3v) is 2.98. The van der Waals surface area contributed by atoms with Crippen molar-refractivity contribution >= 4 is 0 Å². The predicted molar refractivity (Wildman–Crippen MR) is 59.9 cm³/mol. The van der Waals surface area contributed by atoms with E-state index in [4.69, 9.17) is 0 Å². The molecule has 0 aromatic heterocycles. The van der Waals surface area contributed by atoms with Crippen LogP contribution in [0.4, 0.5) is 22.0 Å². The highest BCUT2D eigenvalue weighted by molar-refractivity contribution is 5.26. The van der Waals surface area contributed by atoms with Gasteiger partial charge in [-0.2, -0.15) is 0 Å².